The van der Waals surface area contributed by atoms with Crippen molar-refractivity contribution < 1.29 is 19.0 Å². The molecule has 1 heterocycles. The number of carbonyl (C=O) groups excluding carboxylic acids is 1. The Morgan fingerprint density at radius 2 is 1.44 bits per heavy atom. The number of hydrazone groups is 1. The van der Waals surface area contributed by atoms with E-state index in [1.165, 1.54) is 20.4 Å². The predicted molar refractivity (Wildman–Crippen MR) is 131 cm³/mol. The van der Waals surface area contributed by atoms with Gasteiger partial charge in [0.2, 0.25) is 0 Å². The number of hydrogen-bond acceptors (Lipinski definition) is 6. The van der Waals surface area contributed by atoms with E-state index in [2.05, 4.69) is 32.9 Å². The quantitative estimate of drug-likeness (QED) is 0.300. The van der Waals surface area contributed by atoms with Gasteiger partial charge in [-0.1, -0.05) is 54.6 Å². The van der Waals surface area contributed by atoms with Crippen LogP contribution in [0.4, 0.5) is 0 Å². The van der Waals surface area contributed by atoms with E-state index in [1.807, 2.05) is 42.5 Å². The van der Waals surface area contributed by atoms with Gasteiger partial charge in [0.25, 0.3) is 5.91 Å². The molecule has 8 heteroatoms. The number of rotatable bonds is 8. The molecule has 1 amide bonds. The van der Waals surface area contributed by atoms with Crippen molar-refractivity contribution in [2.45, 2.75) is 0 Å². The van der Waals surface area contributed by atoms with Crippen LogP contribution in [0.15, 0.2) is 77.9 Å². The monoisotopic (exact) mass is 456 g/mol. The molecule has 0 fully saturated rings. The van der Waals surface area contributed by atoms with Gasteiger partial charge in [0, 0.05) is 17.2 Å². The molecule has 0 saturated heterocycles. The smallest absolute Gasteiger partial charge is 0.289 e. The van der Waals surface area contributed by atoms with E-state index in [4.69, 9.17) is 14.2 Å². The molecule has 34 heavy (non-hydrogen) atoms. The van der Waals surface area contributed by atoms with E-state index in [0.29, 0.717) is 34.2 Å². The first kappa shape index (κ1) is 22.6. The van der Waals surface area contributed by atoms with Crippen molar-refractivity contribution in [3.8, 4) is 39.6 Å². The topological polar surface area (TPSA) is 97.8 Å². The van der Waals surface area contributed by atoms with Crippen LogP contribution in [-0.2, 0) is 0 Å². The van der Waals surface area contributed by atoms with Crippen molar-refractivity contribution in [2.24, 2.45) is 5.10 Å². The lowest BCUT2D eigenvalue weighted by molar-refractivity contribution is 0.0950. The summed E-state index contributed by atoms with van der Waals surface area (Å²) < 4.78 is 15.9. The van der Waals surface area contributed by atoms with E-state index in [-0.39, 0.29) is 0 Å². The summed E-state index contributed by atoms with van der Waals surface area (Å²) in [6.45, 7) is 0. The molecule has 8 nitrogen and oxygen atoms in total. The zero-order valence-electron chi connectivity index (χ0n) is 19.0. The van der Waals surface area contributed by atoms with Crippen LogP contribution in [0.25, 0.3) is 22.4 Å². The second kappa shape index (κ2) is 10.4. The highest BCUT2D eigenvalue weighted by Crippen LogP contribution is 2.33. The average Bonchev–Trinajstić information content (AvgIpc) is 3.39. The molecule has 0 bridgehead atoms. The average molecular weight is 457 g/mol. The number of carbonyl (C=O) groups is 1. The van der Waals surface area contributed by atoms with Gasteiger partial charge in [-0.25, -0.2) is 5.43 Å². The van der Waals surface area contributed by atoms with Gasteiger partial charge in [0.1, 0.15) is 11.4 Å². The Balaban J connectivity index is 1.44. The number of aromatic amines is 1. The Labute approximate surface area is 197 Å². The highest BCUT2D eigenvalue weighted by atomic mass is 16.5. The highest BCUT2D eigenvalue weighted by molar-refractivity contribution is 5.94. The fraction of sp³-hybridized carbons (Fsp3) is 0.115. The maximum absolute atomic E-state index is 12.5. The Hall–Kier alpha value is -4.59. The lowest BCUT2D eigenvalue weighted by Crippen LogP contribution is -2.18. The number of hydrogen-bond donors (Lipinski definition) is 2. The second-order valence-corrected chi connectivity index (χ2v) is 7.26. The van der Waals surface area contributed by atoms with E-state index in [9.17, 15) is 4.79 Å². The zero-order chi connectivity index (χ0) is 23.9. The molecule has 3 aromatic carbocycles. The van der Waals surface area contributed by atoms with Crippen LogP contribution < -0.4 is 19.6 Å². The van der Waals surface area contributed by atoms with Crippen LogP contribution >= 0.6 is 0 Å². The SMILES string of the molecule is COc1cc(OC)c(OC)cc1/C=N/NC(=O)c1cc(-c2ccc(-c3ccccc3)cc2)n[nH]1. The van der Waals surface area contributed by atoms with Crippen LogP contribution in [0.1, 0.15) is 16.1 Å². The maximum Gasteiger partial charge on any atom is 0.289 e. The highest BCUT2D eigenvalue weighted by Gasteiger charge is 2.12. The number of benzene rings is 3. The van der Waals surface area contributed by atoms with Gasteiger partial charge in [0.15, 0.2) is 11.5 Å². The van der Waals surface area contributed by atoms with Gasteiger partial charge in [-0.05, 0) is 23.3 Å². The first-order valence-electron chi connectivity index (χ1n) is 10.5. The van der Waals surface area contributed by atoms with Crippen LogP contribution in [0.3, 0.4) is 0 Å². The minimum absolute atomic E-state index is 0.290. The van der Waals surface area contributed by atoms with Crippen molar-refractivity contribution in [2.75, 3.05) is 21.3 Å². The zero-order valence-corrected chi connectivity index (χ0v) is 19.0. The Kier molecular flexibility index (Phi) is 6.88. The number of nitrogens with one attached hydrogen (secondary N) is 2. The van der Waals surface area contributed by atoms with Gasteiger partial charge in [-0.3, -0.25) is 9.89 Å². The van der Waals surface area contributed by atoms with Crippen LogP contribution in [0, 0.1) is 0 Å². The van der Waals surface area contributed by atoms with Gasteiger partial charge in [0.05, 0.1) is 33.2 Å². The summed E-state index contributed by atoms with van der Waals surface area (Å²) in [6.07, 6.45) is 1.47. The van der Waals surface area contributed by atoms with E-state index in [0.717, 1.165) is 16.7 Å². The molecule has 172 valence electrons. The molecule has 4 aromatic rings. The molecule has 4 rings (SSSR count). The molecule has 0 unspecified atom stereocenters. The van der Waals surface area contributed by atoms with Crippen molar-refractivity contribution in [1.82, 2.24) is 15.6 Å². The first-order valence-corrected chi connectivity index (χ1v) is 10.5. The summed E-state index contributed by atoms with van der Waals surface area (Å²) in [5.74, 6) is 1.16. The number of amides is 1. The van der Waals surface area contributed by atoms with Gasteiger partial charge in [-0.15, -0.1) is 0 Å². The molecular weight excluding hydrogens is 432 g/mol. The standard InChI is InChI=1S/C26H24N4O4/c1-32-23-15-25(34-3)24(33-2)13-20(23)16-27-30-26(31)22-14-21(28-29-22)19-11-9-18(10-12-19)17-7-5-4-6-8-17/h4-16H,1-3H3,(H,28,29)(H,30,31)/b27-16+. The predicted octanol–water partition coefficient (Wildman–Crippen LogP) is 4.53. The Morgan fingerprint density at radius 3 is 2.12 bits per heavy atom. The first-order chi connectivity index (χ1) is 16.6. The number of ether oxygens (including phenoxy) is 3. The summed E-state index contributed by atoms with van der Waals surface area (Å²) in [6, 6.07) is 23.2. The Bertz CT molecular complexity index is 1300. The van der Waals surface area contributed by atoms with Crippen LogP contribution in [0.2, 0.25) is 0 Å². The molecule has 0 aliphatic heterocycles. The minimum Gasteiger partial charge on any atom is -0.496 e. The molecule has 0 spiro atoms. The normalized spacial score (nSPS) is 10.8. The van der Waals surface area contributed by atoms with Crippen LogP contribution in [0.5, 0.6) is 17.2 Å². The molecule has 1 aromatic heterocycles. The lowest BCUT2D eigenvalue weighted by atomic mass is 10.0. The molecule has 0 aliphatic carbocycles. The van der Waals surface area contributed by atoms with Crippen molar-refractivity contribution in [3.05, 3.63) is 84.1 Å². The summed E-state index contributed by atoms with van der Waals surface area (Å²) in [5.41, 5.74) is 7.20. The molecule has 0 radical (unpaired) electrons. The summed E-state index contributed by atoms with van der Waals surface area (Å²) >= 11 is 0. The van der Waals surface area contributed by atoms with Crippen molar-refractivity contribution in [3.63, 3.8) is 0 Å². The summed E-state index contributed by atoms with van der Waals surface area (Å²) in [4.78, 5) is 12.5. The van der Waals surface area contributed by atoms with Crippen molar-refractivity contribution in [1.29, 1.82) is 0 Å². The fourth-order valence-electron chi connectivity index (χ4n) is 3.42. The summed E-state index contributed by atoms with van der Waals surface area (Å²) in [5, 5.41) is 11.1. The van der Waals surface area contributed by atoms with Crippen LogP contribution in [-0.4, -0.2) is 43.6 Å². The van der Waals surface area contributed by atoms with Crippen molar-refractivity contribution >= 4 is 12.1 Å². The third-order valence-corrected chi connectivity index (χ3v) is 5.22. The third-order valence-electron chi connectivity index (χ3n) is 5.22. The minimum atomic E-state index is -0.421. The molecule has 0 atom stereocenters. The molecule has 2 N–H and O–H groups in total. The van der Waals surface area contributed by atoms with E-state index < -0.39 is 5.91 Å². The molecule has 0 aliphatic rings. The fourth-order valence-corrected chi connectivity index (χ4v) is 3.42. The second-order valence-electron chi connectivity index (χ2n) is 7.26. The maximum atomic E-state index is 12.5. The van der Waals surface area contributed by atoms with Gasteiger partial charge in [-0.2, -0.15) is 10.2 Å². The molecule has 0 saturated carbocycles. The summed E-state index contributed by atoms with van der Waals surface area (Å²) in [7, 11) is 4.62. The number of methoxy groups -OCH3 is 3. The van der Waals surface area contributed by atoms with Gasteiger partial charge >= 0.3 is 0 Å². The Morgan fingerprint density at radius 1 is 0.824 bits per heavy atom. The van der Waals surface area contributed by atoms with E-state index >= 15 is 0 Å². The third kappa shape index (κ3) is 4.91. The molecular formula is C26H24N4O4. The number of nitrogens with zero attached hydrogens (tertiary/aromatic N) is 2. The lowest BCUT2D eigenvalue weighted by Gasteiger charge is -2.11. The number of H-pyrrole nitrogens is 1. The largest absolute Gasteiger partial charge is 0.496 e. The van der Waals surface area contributed by atoms with E-state index in [1.54, 1.807) is 25.3 Å². The number of aromatic nitrogens is 2. The van der Waals surface area contributed by atoms with Gasteiger partial charge < -0.3 is 14.2 Å².